The lowest BCUT2D eigenvalue weighted by Gasteiger charge is -2.16. The largest absolute Gasteiger partial charge is 0.396 e. The van der Waals surface area contributed by atoms with Crippen LogP contribution in [-0.2, 0) is 16.0 Å². The van der Waals surface area contributed by atoms with Crippen LogP contribution >= 0.6 is 0 Å². The molecule has 1 amide bonds. The Balaban J connectivity index is 1.96. The number of fused-ring (bicyclic) bond motifs is 1. The van der Waals surface area contributed by atoms with Gasteiger partial charge in [0.2, 0.25) is 5.91 Å². The number of methoxy groups -OCH3 is 1. The quantitative estimate of drug-likeness (QED) is 0.767. The first-order valence-electron chi connectivity index (χ1n) is 6.54. The molecular weight excluding hydrogens is 258 g/mol. The summed E-state index contributed by atoms with van der Waals surface area (Å²) in [6.45, 7) is 0.403. The topological polar surface area (TPSA) is 75.9 Å². The normalized spacial score (nSPS) is 12.5. The van der Waals surface area contributed by atoms with Gasteiger partial charge in [0, 0.05) is 26.1 Å². The van der Waals surface area contributed by atoms with Crippen LogP contribution in [0.4, 0.5) is 0 Å². The smallest absolute Gasteiger partial charge is 0.226 e. The van der Waals surface area contributed by atoms with Crippen LogP contribution < -0.4 is 5.32 Å². The van der Waals surface area contributed by atoms with Crippen molar-refractivity contribution in [2.24, 2.45) is 0 Å². The molecule has 0 saturated carbocycles. The Kier molecular flexibility index (Phi) is 5.09. The van der Waals surface area contributed by atoms with E-state index in [0.29, 0.717) is 18.7 Å². The van der Waals surface area contributed by atoms with Crippen molar-refractivity contribution in [1.82, 2.24) is 14.7 Å². The first-order valence-corrected chi connectivity index (χ1v) is 6.54. The fraction of sp³-hybridized carbons (Fsp3) is 0.429. The second-order valence-electron chi connectivity index (χ2n) is 4.61. The highest BCUT2D eigenvalue weighted by atomic mass is 16.5. The summed E-state index contributed by atoms with van der Waals surface area (Å²) in [6, 6.07) is 5.53. The van der Waals surface area contributed by atoms with Gasteiger partial charge in [-0.15, -0.1) is 0 Å². The summed E-state index contributed by atoms with van der Waals surface area (Å²) in [7, 11) is 1.57. The molecular formula is C14H19N3O3. The number of hydrogen-bond donors (Lipinski definition) is 2. The van der Waals surface area contributed by atoms with Crippen molar-refractivity contribution < 1.29 is 14.6 Å². The highest BCUT2D eigenvalue weighted by Gasteiger charge is 2.13. The lowest BCUT2D eigenvalue weighted by atomic mass is 10.2. The fourth-order valence-electron chi connectivity index (χ4n) is 2.07. The van der Waals surface area contributed by atoms with Crippen molar-refractivity contribution in [1.29, 1.82) is 0 Å². The molecule has 0 bridgehead atoms. The number of hydrogen-bond acceptors (Lipinski definition) is 4. The fourth-order valence-corrected chi connectivity index (χ4v) is 2.07. The van der Waals surface area contributed by atoms with Crippen molar-refractivity contribution in [2.45, 2.75) is 18.9 Å². The average molecular weight is 277 g/mol. The predicted octanol–water partition coefficient (Wildman–Crippen LogP) is 0.390. The average Bonchev–Trinajstić information content (AvgIpc) is 2.81. The van der Waals surface area contributed by atoms with Crippen LogP contribution in [-0.4, -0.2) is 46.8 Å². The lowest BCUT2D eigenvalue weighted by molar-refractivity contribution is -0.121. The van der Waals surface area contributed by atoms with Gasteiger partial charge in [0.25, 0.3) is 0 Å². The SMILES string of the molecule is COCC(CCO)NC(=O)Cc1cn2ccccc2n1. The zero-order chi connectivity index (χ0) is 14.4. The Morgan fingerprint density at radius 3 is 3.10 bits per heavy atom. The first kappa shape index (κ1) is 14.5. The summed E-state index contributed by atoms with van der Waals surface area (Å²) in [4.78, 5) is 16.3. The summed E-state index contributed by atoms with van der Waals surface area (Å²) in [6.07, 6.45) is 4.42. The predicted molar refractivity (Wildman–Crippen MR) is 74.4 cm³/mol. The van der Waals surface area contributed by atoms with E-state index in [1.54, 1.807) is 7.11 Å². The van der Waals surface area contributed by atoms with Gasteiger partial charge >= 0.3 is 0 Å². The van der Waals surface area contributed by atoms with Crippen molar-refractivity contribution in [3.63, 3.8) is 0 Å². The maximum absolute atomic E-state index is 12.0. The Morgan fingerprint density at radius 1 is 1.55 bits per heavy atom. The Hall–Kier alpha value is -1.92. The molecule has 0 radical (unpaired) electrons. The number of nitrogens with one attached hydrogen (secondary N) is 1. The van der Waals surface area contributed by atoms with Crippen LogP contribution in [0.25, 0.3) is 5.65 Å². The Labute approximate surface area is 117 Å². The zero-order valence-corrected chi connectivity index (χ0v) is 11.5. The van der Waals surface area contributed by atoms with Crippen molar-refractivity contribution in [3.8, 4) is 0 Å². The monoisotopic (exact) mass is 277 g/mol. The molecule has 0 saturated heterocycles. The number of carbonyl (C=O) groups is 1. The number of rotatable bonds is 7. The molecule has 1 atom stereocenters. The molecule has 2 N–H and O–H groups in total. The minimum atomic E-state index is -0.172. The number of imidazole rings is 1. The summed E-state index contributed by atoms with van der Waals surface area (Å²) >= 11 is 0. The third-order valence-electron chi connectivity index (χ3n) is 2.97. The van der Waals surface area contributed by atoms with E-state index in [0.717, 1.165) is 5.65 Å². The standard InChI is InChI=1S/C14H19N3O3/c1-20-10-11(5-7-18)16-14(19)8-12-9-17-6-3-2-4-13(17)15-12/h2-4,6,9,11,18H,5,7-8,10H2,1H3,(H,16,19). The lowest BCUT2D eigenvalue weighted by Crippen LogP contribution is -2.39. The van der Waals surface area contributed by atoms with Gasteiger partial charge in [-0.1, -0.05) is 6.07 Å². The van der Waals surface area contributed by atoms with Gasteiger partial charge in [0.15, 0.2) is 0 Å². The molecule has 6 heteroatoms. The summed E-state index contributed by atoms with van der Waals surface area (Å²) in [5, 5.41) is 11.8. The number of amides is 1. The number of aliphatic hydroxyl groups excluding tert-OH is 1. The third kappa shape index (κ3) is 3.79. The maximum Gasteiger partial charge on any atom is 0.226 e. The van der Waals surface area contributed by atoms with Crippen LogP contribution in [0.1, 0.15) is 12.1 Å². The van der Waals surface area contributed by atoms with Gasteiger partial charge in [-0.25, -0.2) is 4.98 Å². The molecule has 2 aromatic heterocycles. The van der Waals surface area contributed by atoms with Gasteiger partial charge in [-0.3, -0.25) is 4.79 Å². The second-order valence-corrected chi connectivity index (χ2v) is 4.61. The van der Waals surface area contributed by atoms with Gasteiger partial charge in [0.1, 0.15) is 5.65 Å². The first-order chi connectivity index (χ1) is 9.72. The number of aromatic nitrogens is 2. The minimum absolute atomic E-state index is 0.0165. The van der Waals surface area contributed by atoms with E-state index in [2.05, 4.69) is 10.3 Å². The molecule has 1 unspecified atom stereocenters. The number of nitrogens with zero attached hydrogens (tertiary/aromatic N) is 2. The van der Waals surface area contributed by atoms with Gasteiger partial charge in [0.05, 0.1) is 24.8 Å². The molecule has 2 aromatic rings. The highest BCUT2D eigenvalue weighted by molar-refractivity contribution is 5.78. The zero-order valence-electron chi connectivity index (χ0n) is 11.5. The van der Waals surface area contributed by atoms with Crippen LogP contribution in [0.3, 0.4) is 0 Å². The van der Waals surface area contributed by atoms with Gasteiger partial charge in [-0.2, -0.15) is 0 Å². The number of carbonyl (C=O) groups excluding carboxylic acids is 1. The molecule has 0 aliphatic rings. The molecule has 0 aromatic carbocycles. The summed E-state index contributed by atoms with van der Waals surface area (Å²) < 4.78 is 6.89. The summed E-state index contributed by atoms with van der Waals surface area (Å²) in [5.74, 6) is -0.121. The molecule has 2 heterocycles. The second kappa shape index (κ2) is 7.02. The van der Waals surface area contributed by atoms with Crippen LogP contribution in [0.15, 0.2) is 30.6 Å². The van der Waals surface area contributed by atoms with E-state index < -0.39 is 0 Å². The number of ether oxygens (including phenoxy) is 1. The van der Waals surface area contributed by atoms with Crippen molar-refractivity contribution in [3.05, 3.63) is 36.3 Å². The molecule has 0 fully saturated rings. The van der Waals surface area contributed by atoms with Gasteiger partial charge < -0.3 is 19.6 Å². The third-order valence-corrected chi connectivity index (χ3v) is 2.97. The minimum Gasteiger partial charge on any atom is -0.396 e. The number of aliphatic hydroxyl groups is 1. The molecule has 20 heavy (non-hydrogen) atoms. The van der Waals surface area contributed by atoms with E-state index in [9.17, 15) is 4.79 Å². The van der Waals surface area contributed by atoms with Crippen LogP contribution in [0.2, 0.25) is 0 Å². The molecule has 2 rings (SSSR count). The van der Waals surface area contributed by atoms with Crippen molar-refractivity contribution >= 4 is 11.6 Å². The maximum atomic E-state index is 12.0. The highest BCUT2D eigenvalue weighted by Crippen LogP contribution is 2.05. The van der Waals surface area contributed by atoms with E-state index >= 15 is 0 Å². The molecule has 0 aliphatic carbocycles. The molecule has 6 nitrogen and oxygen atoms in total. The van der Waals surface area contributed by atoms with E-state index in [4.69, 9.17) is 9.84 Å². The molecule has 0 aliphatic heterocycles. The van der Waals surface area contributed by atoms with E-state index in [1.165, 1.54) is 0 Å². The van der Waals surface area contributed by atoms with E-state index in [-0.39, 0.29) is 25.0 Å². The number of pyridine rings is 1. The van der Waals surface area contributed by atoms with Gasteiger partial charge in [-0.05, 0) is 18.6 Å². The van der Waals surface area contributed by atoms with E-state index in [1.807, 2.05) is 35.0 Å². The van der Waals surface area contributed by atoms with Crippen LogP contribution in [0.5, 0.6) is 0 Å². The Bertz CT molecular complexity index is 529. The molecule has 108 valence electrons. The Morgan fingerprint density at radius 2 is 2.40 bits per heavy atom. The summed E-state index contributed by atoms with van der Waals surface area (Å²) in [5.41, 5.74) is 1.54. The van der Waals surface area contributed by atoms with Crippen molar-refractivity contribution in [2.75, 3.05) is 20.3 Å². The van der Waals surface area contributed by atoms with Crippen LogP contribution in [0, 0.1) is 0 Å². The molecule has 0 spiro atoms.